The summed E-state index contributed by atoms with van der Waals surface area (Å²) in [6, 6.07) is 21.8. The van der Waals surface area contributed by atoms with Gasteiger partial charge in [0.05, 0.1) is 17.2 Å². The number of alkyl halides is 3. The molecule has 0 saturated carbocycles. The Balaban J connectivity index is 2.04. The number of rotatable bonds is 2. The lowest BCUT2D eigenvalue weighted by Crippen LogP contribution is -2.04. The van der Waals surface area contributed by atoms with Crippen molar-refractivity contribution in [1.82, 2.24) is 0 Å². The Labute approximate surface area is 137 Å². The van der Waals surface area contributed by atoms with Crippen LogP contribution in [-0.2, 0) is 6.18 Å². The topological polar surface area (TPSA) is 23.8 Å². The van der Waals surface area contributed by atoms with Crippen LogP contribution in [0.15, 0.2) is 72.8 Å². The summed E-state index contributed by atoms with van der Waals surface area (Å²) in [4.78, 5) is 0. The zero-order chi connectivity index (χ0) is 17.2. The monoisotopic (exact) mass is 323 g/mol. The highest BCUT2D eigenvalue weighted by atomic mass is 19.4. The molecule has 0 fully saturated rings. The van der Waals surface area contributed by atoms with Gasteiger partial charge in [-0.1, -0.05) is 48.5 Å². The summed E-state index contributed by atoms with van der Waals surface area (Å²) in [7, 11) is 0. The molecule has 0 spiro atoms. The molecule has 0 aliphatic heterocycles. The minimum Gasteiger partial charge on any atom is -0.192 e. The largest absolute Gasteiger partial charge is 0.416 e. The van der Waals surface area contributed by atoms with E-state index in [1.54, 1.807) is 12.1 Å². The molecule has 0 N–H and O–H groups in total. The van der Waals surface area contributed by atoms with Crippen molar-refractivity contribution in [3.63, 3.8) is 0 Å². The molecule has 0 unspecified atom stereocenters. The fraction of sp³-hybridized carbons (Fsp3) is 0.0500. The molecule has 4 heteroatoms. The van der Waals surface area contributed by atoms with Crippen LogP contribution in [0.2, 0.25) is 0 Å². The number of nitriles is 1. The van der Waals surface area contributed by atoms with Gasteiger partial charge in [-0.25, -0.2) is 0 Å². The van der Waals surface area contributed by atoms with Gasteiger partial charge in [-0.3, -0.25) is 0 Å². The number of hydrogen-bond donors (Lipinski definition) is 0. The summed E-state index contributed by atoms with van der Waals surface area (Å²) < 4.78 is 38.1. The first-order valence-corrected chi connectivity index (χ1v) is 7.26. The second-order valence-corrected chi connectivity index (χ2v) is 5.31. The van der Waals surface area contributed by atoms with Crippen molar-refractivity contribution < 1.29 is 13.2 Å². The quantitative estimate of drug-likeness (QED) is 0.575. The van der Waals surface area contributed by atoms with Crippen molar-refractivity contribution in [2.45, 2.75) is 6.18 Å². The molecule has 0 aromatic heterocycles. The van der Waals surface area contributed by atoms with Crippen LogP contribution < -0.4 is 0 Å². The maximum atomic E-state index is 12.7. The number of nitrogens with zero attached hydrogens (tertiary/aromatic N) is 1. The molecule has 3 aromatic carbocycles. The normalized spacial score (nSPS) is 11.1. The van der Waals surface area contributed by atoms with Crippen molar-refractivity contribution in [1.29, 1.82) is 5.26 Å². The van der Waals surface area contributed by atoms with Gasteiger partial charge >= 0.3 is 6.18 Å². The number of benzene rings is 3. The Morgan fingerprint density at radius 2 is 1.12 bits per heavy atom. The maximum Gasteiger partial charge on any atom is 0.416 e. The van der Waals surface area contributed by atoms with Gasteiger partial charge in [0.25, 0.3) is 0 Å². The maximum absolute atomic E-state index is 12.7. The third-order valence-corrected chi connectivity index (χ3v) is 3.78. The first kappa shape index (κ1) is 15.8. The summed E-state index contributed by atoms with van der Waals surface area (Å²) in [5.74, 6) is 0. The van der Waals surface area contributed by atoms with Crippen molar-refractivity contribution in [3.05, 3.63) is 83.9 Å². The molecule has 0 saturated heterocycles. The van der Waals surface area contributed by atoms with Gasteiger partial charge in [0.1, 0.15) is 0 Å². The minimum atomic E-state index is -4.34. The molecule has 3 aromatic rings. The average molecular weight is 323 g/mol. The Hall–Kier alpha value is -3.06. The van der Waals surface area contributed by atoms with Crippen molar-refractivity contribution in [2.24, 2.45) is 0 Å². The van der Waals surface area contributed by atoms with Crippen LogP contribution in [0.5, 0.6) is 0 Å². The van der Waals surface area contributed by atoms with E-state index in [-0.39, 0.29) is 0 Å². The first-order chi connectivity index (χ1) is 11.5. The molecule has 0 radical (unpaired) electrons. The Bertz CT molecular complexity index is 886. The van der Waals surface area contributed by atoms with Gasteiger partial charge in [0, 0.05) is 0 Å². The summed E-state index contributed by atoms with van der Waals surface area (Å²) in [6.07, 6.45) is -4.34. The van der Waals surface area contributed by atoms with Gasteiger partial charge in [-0.2, -0.15) is 18.4 Å². The molecule has 3 rings (SSSR count). The van der Waals surface area contributed by atoms with E-state index in [0.29, 0.717) is 11.1 Å². The first-order valence-electron chi connectivity index (χ1n) is 7.26. The molecular weight excluding hydrogens is 311 g/mol. The Morgan fingerprint density at radius 3 is 1.54 bits per heavy atom. The van der Waals surface area contributed by atoms with E-state index in [0.717, 1.165) is 28.8 Å². The van der Waals surface area contributed by atoms with Crippen LogP contribution in [-0.4, -0.2) is 0 Å². The molecule has 0 heterocycles. The Kier molecular flexibility index (Phi) is 4.09. The van der Waals surface area contributed by atoms with E-state index in [2.05, 4.69) is 6.07 Å². The van der Waals surface area contributed by atoms with E-state index < -0.39 is 11.7 Å². The average Bonchev–Trinajstić information content (AvgIpc) is 2.61. The molecular formula is C20H12F3N. The van der Waals surface area contributed by atoms with Crippen molar-refractivity contribution >= 4 is 0 Å². The van der Waals surface area contributed by atoms with Gasteiger partial charge < -0.3 is 0 Å². The standard InChI is InChI=1S/C20H12F3N/c21-20(22,23)17-11-9-16(10-12-17)19-4-2-1-3-18(19)15-7-5-14(13-24)6-8-15/h1-12H. The predicted molar refractivity (Wildman–Crippen MR) is 87.0 cm³/mol. The summed E-state index contributed by atoms with van der Waals surface area (Å²) in [6.45, 7) is 0. The molecule has 0 atom stereocenters. The summed E-state index contributed by atoms with van der Waals surface area (Å²) >= 11 is 0. The summed E-state index contributed by atoms with van der Waals surface area (Å²) in [5.41, 5.74) is 3.26. The molecule has 1 nitrogen and oxygen atoms in total. The van der Waals surface area contributed by atoms with E-state index in [9.17, 15) is 13.2 Å². The molecule has 0 aliphatic rings. The van der Waals surface area contributed by atoms with Gasteiger partial charge in [-0.05, 0) is 46.5 Å². The fourth-order valence-electron chi connectivity index (χ4n) is 2.55. The van der Waals surface area contributed by atoms with Crippen LogP contribution in [0.25, 0.3) is 22.3 Å². The van der Waals surface area contributed by atoms with Crippen LogP contribution in [0.3, 0.4) is 0 Å². The molecule has 118 valence electrons. The molecule has 0 amide bonds. The highest BCUT2D eigenvalue weighted by Crippen LogP contribution is 2.35. The minimum absolute atomic E-state index is 0.561. The Morgan fingerprint density at radius 1 is 0.667 bits per heavy atom. The zero-order valence-electron chi connectivity index (χ0n) is 12.5. The van der Waals surface area contributed by atoms with Crippen LogP contribution in [0, 0.1) is 11.3 Å². The third kappa shape index (κ3) is 3.16. The van der Waals surface area contributed by atoms with E-state index >= 15 is 0 Å². The molecule has 0 bridgehead atoms. The second kappa shape index (κ2) is 6.21. The second-order valence-electron chi connectivity index (χ2n) is 5.31. The number of halogens is 3. The van der Waals surface area contributed by atoms with Gasteiger partial charge in [0.15, 0.2) is 0 Å². The highest BCUT2D eigenvalue weighted by molar-refractivity contribution is 5.83. The van der Waals surface area contributed by atoms with Crippen molar-refractivity contribution in [2.75, 3.05) is 0 Å². The van der Waals surface area contributed by atoms with Crippen molar-refractivity contribution in [3.8, 4) is 28.3 Å². The van der Waals surface area contributed by atoms with E-state index in [4.69, 9.17) is 5.26 Å². The lowest BCUT2D eigenvalue weighted by Gasteiger charge is -2.12. The van der Waals surface area contributed by atoms with Crippen LogP contribution in [0.4, 0.5) is 13.2 Å². The number of hydrogen-bond acceptors (Lipinski definition) is 1. The highest BCUT2D eigenvalue weighted by Gasteiger charge is 2.30. The lowest BCUT2D eigenvalue weighted by atomic mass is 9.93. The molecule has 0 aliphatic carbocycles. The predicted octanol–water partition coefficient (Wildman–Crippen LogP) is 5.91. The SMILES string of the molecule is N#Cc1ccc(-c2ccccc2-c2ccc(C(F)(F)F)cc2)cc1. The zero-order valence-corrected chi connectivity index (χ0v) is 12.5. The van der Waals surface area contributed by atoms with E-state index in [1.807, 2.05) is 36.4 Å². The third-order valence-electron chi connectivity index (χ3n) is 3.78. The van der Waals surface area contributed by atoms with Crippen LogP contribution in [0.1, 0.15) is 11.1 Å². The van der Waals surface area contributed by atoms with E-state index in [1.165, 1.54) is 12.1 Å². The van der Waals surface area contributed by atoms with Crippen LogP contribution >= 0.6 is 0 Å². The molecule has 24 heavy (non-hydrogen) atoms. The van der Waals surface area contributed by atoms with Gasteiger partial charge in [0.2, 0.25) is 0 Å². The lowest BCUT2D eigenvalue weighted by molar-refractivity contribution is -0.137. The van der Waals surface area contributed by atoms with Gasteiger partial charge in [-0.15, -0.1) is 0 Å². The smallest absolute Gasteiger partial charge is 0.192 e. The fourth-order valence-corrected chi connectivity index (χ4v) is 2.55. The summed E-state index contributed by atoms with van der Waals surface area (Å²) in [5, 5.41) is 8.88.